The molecule has 0 heterocycles. The lowest BCUT2D eigenvalue weighted by molar-refractivity contribution is 0.0270. The Morgan fingerprint density at radius 3 is 2.48 bits per heavy atom. The maximum atomic E-state index is 10.0. The molecule has 0 spiro atoms. The van der Waals surface area contributed by atoms with Crippen molar-refractivity contribution in [3.05, 3.63) is 36.5 Å². The first-order chi connectivity index (χ1) is 13.2. The lowest BCUT2D eigenvalue weighted by Gasteiger charge is -2.17. The van der Waals surface area contributed by atoms with Gasteiger partial charge in [0.05, 0.1) is 24.4 Å². The molecule has 0 radical (unpaired) electrons. The summed E-state index contributed by atoms with van der Waals surface area (Å²) in [6.45, 7) is 9.23. The van der Waals surface area contributed by atoms with Crippen molar-refractivity contribution in [3.63, 3.8) is 0 Å². The van der Waals surface area contributed by atoms with Crippen molar-refractivity contribution in [3.8, 4) is 6.07 Å². The molecule has 0 amide bonds. The summed E-state index contributed by atoms with van der Waals surface area (Å²) < 4.78 is 5.72. The van der Waals surface area contributed by atoms with E-state index in [1.807, 2.05) is 6.08 Å². The van der Waals surface area contributed by atoms with Crippen LogP contribution >= 0.6 is 0 Å². The van der Waals surface area contributed by atoms with Crippen molar-refractivity contribution in [2.24, 2.45) is 5.92 Å². The van der Waals surface area contributed by atoms with E-state index in [2.05, 4.69) is 26.5 Å². The molecule has 2 unspecified atom stereocenters. The lowest BCUT2D eigenvalue weighted by Crippen LogP contribution is -2.16. The summed E-state index contributed by atoms with van der Waals surface area (Å²) in [4.78, 5) is 0. The number of nitrogens with zero attached hydrogens (tertiary/aromatic N) is 1. The van der Waals surface area contributed by atoms with Gasteiger partial charge in [-0.25, -0.2) is 0 Å². The summed E-state index contributed by atoms with van der Waals surface area (Å²) in [7, 11) is 0. The number of rotatable bonds is 18. The summed E-state index contributed by atoms with van der Waals surface area (Å²) in [5.41, 5.74) is 0.577. The molecule has 0 rings (SSSR count). The average molecular weight is 376 g/mol. The molecule has 1 N–H and O–H groups in total. The third-order valence-corrected chi connectivity index (χ3v) is 4.80. The van der Waals surface area contributed by atoms with Gasteiger partial charge in [0.1, 0.15) is 0 Å². The zero-order valence-electron chi connectivity index (χ0n) is 17.7. The van der Waals surface area contributed by atoms with E-state index >= 15 is 0 Å². The van der Waals surface area contributed by atoms with Crippen LogP contribution < -0.4 is 0 Å². The SMILES string of the molecule is C=C/C=C(C#N)\C=C/CCC(O)COCCC(CCCC)CCCCCC. The number of ether oxygens (including phenoxy) is 1. The first kappa shape index (κ1) is 25.6. The van der Waals surface area contributed by atoms with Crippen LogP contribution in [0.5, 0.6) is 0 Å². The van der Waals surface area contributed by atoms with E-state index in [-0.39, 0.29) is 0 Å². The molecule has 0 aliphatic rings. The van der Waals surface area contributed by atoms with Gasteiger partial charge in [0.25, 0.3) is 0 Å². The van der Waals surface area contributed by atoms with Crippen molar-refractivity contribution in [1.29, 1.82) is 5.26 Å². The Kier molecular flexibility index (Phi) is 18.4. The van der Waals surface area contributed by atoms with Gasteiger partial charge in [0, 0.05) is 6.61 Å². The molecule has 27 heavy (non-hydrogen) atoms. The van der Waals surface area contributed by atoms with Gasteiger partial charge < -0.3 is 9.84 Å². The molecule has 0 aromatic heterocycles. The lowest BCUT2D eigenvalue weighted by atomic mass is 9.92. The smallest absolute Gasteiger partial charge is 0.0991 e. The number of nitriles is 1. The number of aliphatic hydroxyl groups excluding tert-OH is 1. The predicted octanol–water partition coefficient (Wildman–Crippen LogP) is 6.50. The fourth-order valence-electron chi connectivity index (χ4n) is 3.09. The van der Waals surface area contributed by atoms with Crippen LogP contribution in [0.25, 0.3) is 0 Å². The molecule has 0 saturated heterocycles. The quantitative estimate of drug-likeness (QED) is 0.169. The Morgan fingerprint density at radius 2 is 1.81 bits per heavy atom. The summed E-state index contributed by atoms with van der Waals surface area (Å²) in [5.74, 6) is 0.767. The number of allylic oxidation sites excluding steroid dienone is 5. The third-order valence-electron chi connectivity index (χ3n) is 4.80. The van der Waals surface area contributed by atoms with Crippen molar-refractivity contribution in [2.45, 2.75) is 90.6 Å². The van der Waals surface area contributed by atoms with E-state index in [9.17, 15) is 5.11 Å². The van der Waals surface area contributed by atoms with Crippen LogP contribution in [0.4, 0.5) is 0 Å². The van der Waals surface area contributed by atoms with Gasteiger partial charge in [-0.05, 0) is 37.3 Å². The second kappa shape index (κ2) is 19.4. The van der Waals surface area contributed by atoms with Gasteiger partial charge in [-0.3, -0.25) is 0 Å². The molecule has 3 heteroatoms. The molecule has 0 aromatic rings. The highest BCUT2D eigenvalue weighted by molar-refractivity contribution is 5.35. The maximum absolute atomic E-state index is 10.0. The minimum Gasteiger partial charge on any atom is -0.391 e. The van der Waals surface area contributed by atoms with Gasteiger partial charge in [0.2, 0.25) is 0 Å². The van der Waals surface area contributed by atoms with Crippen molar-refractivity contribution in [1.82, 2.24) is 0 Å². The normalized spacial score (nSPS) is 14.2. The highest BCUT2D eigenvalue weighted by atomic mass is 16.5. The van der Waals surface area contributed by atoms with Crippen molar-refractivity contribution >= 4 is 0 Å². The van der Waals surface area contributed by atoms with E-state index in [0.717, 1.165) is 25.4 Å². The van der Waals surface area contributed by atoms with Crippen LogP contribution in [-0.4, -0.2) is 24.4 Å². The molecule has 2 atom stereocenters. The Labute approximate surface area is 167 Å². The van der Waals surface area contributed by atoms with Crippen LogP contribution in [0.2, 0.25) is 0 Å². The van der Waals surface area contributed by atoms with Gasteiger partial charge in [-0.15, -0.1) is 0 Å². The zero-order chi connectivity index (χ0) is 20.2. The fourth-order valence-corrected chi connectivity index (χ4v) is 3.09. The molecule has 0 aromatic carbocycles. The molecular weight excluding hydrogens is 334 g/mol. The second-order valence-electron chi connectivity index (χ2n) is 7.32. The van der Waals surface area contributed by atoms with Crippen LogP contribution in [0, 0.1) is 17.2 Å². The monoisotopic (exact) mass is 375 g/mol. The van der Waals surface area contributed by atoms with Gasteiger partial charge in [-0.2, -0.15) is 5.26 Å². The first-order valence-corrected chi connectivity index (χ1v) is 10.8. The molecule has 154 valence electrons. The molecule has 0 bridgehead atoms. The number of hydrogen-bond donors (Lipinski definition) is 1. The predicted molar refractivity (Wildman–Crippen MR) is 115 cm³/mol. The summed E-state index contributed by atoms with van der Waals surface area (Å²) >= 11 is 0. The molecule has 0 saturated carbocycles. The second-order valence-corrected chi connectivity index (χ2v) is 7.32. The third kappa shape index (κ3) is 16.5. The van der Waals surface area contributed by atoms with E-state index in [1.165, 1.54) is 51.4 Å². The summed E-state index contributed by atoms with van der Waals surface area (Å²) in [6.07, 6.45) is 19.5. The molecular formula is C24H41NO2. The molecule has 0 aliphatic carbocycles. The Hall–Kier alpha value is -1.37. The van der Waals surface area contributed by atoms with Crippen LogP contribution in [-0.2, 0) is 4.74 Å². The van der Waals surface area contributed by atoms with E-state index in [1.54, 1.807) is 18.2 Å². The zero-order valence-corrected chi connectivity index (χ0v) is 17.7. The molecule has 0 aliphatic heterocycles. The fraction of sp³-hybridized carbons (Fsp3) is 0.708. The van der Waals surface area contributed by atoms with Gasteiger partial charge >= 0.3 is 0 Å². The molecule has 3 nitrogen and oxygen atoms in total. The summed E-state index contributed by atoms with van der Waals surface area (Å²) in [5, 5.41) is 18.9. The van der Waals surface area contributed by atoms with E-state index in [0.29, 0.717) is 18.6 Å². The van der Waals surface area contributed by atoms with Crippen LogP contribution in [0.3, 0.4) is 0 Å². The molecule has 0 fully saturated rings. The summed E-state index contributed by atoms with van der Waals surface area (Å²) in [6, 6.07) is 2.10. The number of hydrogen-bond acceptors (Lipinski definition) is 3. The van der Waals surface area contributed by atoms with Crippen LogP contribution in [0.15, 0.2) is 36.5 Å². The standard InChI is InChI=1S/C24H41NO2/c1-4-7-9-10-15-22(14-8-5-2)18-19-27-21-24(26)17-12-11-16-23(20-25)13-6-3/h6,11,13,16,22,24,26H,3-5,7-10,12,14-15,17-19,21H2,1-2H3/b16-11-,23-13+. The first-order valence-electron chi connectivity index (χ1n) is 10.8. The minimum absolute atomic E-state index is 0.401. The van der Waals surface area contributed by atoms with E-state index < -0.39 is 6.10 Å². The average Bonchev–Trinajstić information content (AvgIpc) is 2.68. The maximum Gasteiger partial charge on any atom is 0.0991 e. The topological polar surface area (TPSA) is 53.2 Å². The van der Waals surface area contributed by atoms with Crippen LogP contribution in [0.1, 0.15) is 84.5 Å². The van der Waals surface area contributed by atoms with Crippen molar-refractivity contribution in [2.75, 3.05) is 13.2 Å². The highest BCUT2D eigenvalue weighted by Crippen LogP contribution is 2.20. The number of unbranched alkanes of at least 4 members (excludes halogenated alkanes) is 4. The number of aliphatic hydroxyl groups is 1. The van der Waals surface area contributed by atoms with Gasteiger partial charge in [0.15, 0.2) is 0 Å². The largest absolute Gasteiger partial charge is 0.391 e. The minimum atomic E-state index is -0.442. The highest BCUT2D eigenvalue weighted by Gasteiger charge is 2.09. The Balaban J connectivity index is 3.92. The van der Waals surface area contributed by atoms with E-state index in [4.69, 9.17) is 10.00 Å². The Bertz CT molecular complexity index is 448. The Morgan fingerprint density at radius 1 is 1.07 bits per heavy atom. The van der Waals surface area contributed by atoms with Gasteiger partial charge in [-0.1, -0.05) is 83.9 Å². The van der Waals surface area contributed by atoms with Crippen molar-refractivity contribution < 1.29 is 9.84 Å².